The summed E-state index contributed by atoms with van der Waals surface area (Å²) in [6.07, 6.45) is 0.296. The standard InChI is InChI=1S/C16H21ClN2O4/c1-10(2)6-14(15(20)21)18-16(22)19-8-13(9-19)23-12-5-3-4-11(17)7-12/h3-5,7,10,13-14H,6,8-9H2,1-2H3,(H,18,22)(H,20,21). The number of hydrogen-bond donors (Lipinski definition) is 2. The fraction of sp³-hybridized carbons (Fsp3) is 0.500. The molecule has 0 aliphatic carbocycles. The number of benzene rings is 1. The summed E-state index contributed by atoms with van der Waals surface area (Å²) >= 11 is 5.89. The molecule has 2 rings (SSSR count). The molecule has 1 aromatic rings. The van der Waals surface area contributed by atoms with Gasteiger partial charge in [-0.3, -0.25) is 0 Å². The molecule has 1 atom stereocenters. The highest BCUT2D eigenvalue weighted by Crippen LogP contribution is 2.21. The quantitative estimate of drug-likeness (QED) is 0.834. The lowest BCUT2D eigenvalue weighted by Crippen LogP contribution is -2.60. The van der Waals surface area contributed by atoms with Crippen molar-refractivity contribution in [3.63, 3.8) is 0 Å². The molecule has 0 bridgehead atoms. The molecule has 1 aliphatic heterocycles. The van der Waals surface area contributed by atoms with E-state index in [4.69, 9.17) is 21.4 Å². The summed E-state index contributed by atoms with van der Waals surface area (Å²) in [5.74, 6) is -0.170. The van der Waals surface area contributed by atoms with Gasteiger partial charge < -0.3 is 20.1 Å². The predicted octanol–water partition coefficient (Wildman–Crippen LogP) is 2.61. The Labute approximate surface area is 140 Å². The Morgan fingerprint density at radius 2 is 2.13 bits per heavy atom. The molecule has 0 aromatic heterocycles. The molecular weight excluding hydrogens is 320 g/mol. The van der Waals surface area contributed by atoms with E-state index in [1.165, 1.54) is 4.90 Å². The molecule has 0 radical (unpaired) electrons. The van der Waals surface area contributed by atoms with E-state index in [0.29, 0.717) is 30.3 Å². The highest BCUT2D eigenvalue weighted by atomic mass is 35.5. The van der Waals surface area contributed by atoms with Crippen LogP contribution in [0.3, 0.4) is 0 Å². The number of carbonyl (C=O) groups is 2. The zero-order valence-electron chi connectivity index (χ0n) is 13.2. The third kappa shape index (κ3) is 5.03. The molecule has 1 fully saturated rings. The van der Waals surface area contributed by atoms with E-state index in [-0.39, 0.29) is 18.1 Å². The molecule has 7 heteroatoms. The van der Waals surface area contributed by atoms with Crippen LogP contribution in [0.1, 0.15) is 20.3 Å². The highest BCUT2D eigenvalue weighted by molar-refractivity contribution is 6.30. The highest BCUT2D eigenvalue weighted by Gasteiger charge is 2.34. The van der Waals surface area contributed by atoms with Crippen molar-refractivity contribution in [3.05, 3.63) is 29.3 Å². The van der Waals surface area contributed by atoms with E-state index in [2.05, 4.69) is 5.32 Å². The topological polar surface area (TPSA) is 78.9 Å². The molecule has 1 unspecified atom stereocenters. The molecule has 1 saturated heterocycles. The monoisotopic (exact) mass is 340 g/mol. The number of aliphatic carboxylic acids is 1. The van der Waals surface area contributed by atoms with Gasteiger partial charge in [0, 0.05) is 5.02 Å². The van der Waals surface area contributed by atoms with Crippen LogP contribution in [0, 0.1) is 5.92 Å². The number of urea groups is 1. The fourth-order valence-electron chi connectivity index (χ4n) is 2.34. The van der Waals surface area contributed by atoms with Crippen molar-refractivity contribution in [3.8, 4) is 5.75 Å². The number of carbonyl (C=O) groups excluding carboxylic acids is 1. The van der Waals surface area contributed by atoms with Gasteiger partial charge in [0.05, 0.1) is 13.1 Å². The number of likely N-dealkylation sites (tertiary alicyclic amines) is 1. The maximum absolute atomic E-state index is 12.0. The molecule has 1 heterocycles. The third-order valence-corrected chi connectivity index (χ3v) is 3.77. The lowest BCUT2D eigenvalue weighted by molar-refractivity contribution is -0.139. The number of hydrogen-bond acceptors (Lipinski definition) is 3. The Balaban J connectivity index is 1.79. The molecule has 6 nitrogen and oxygen atoms in total. The average molecular weight is 341 g/mol. The van der Waals surface area contributed by atoms with Gasteiger partial charge in [-0.1, -0.05) is 31.5 Å². The summed E-state index contributed by atoms with van der Waals surface area (Å²) in [6, 6.07) is 5.84. The Morgan fingerprint density at radius 3 is 2.70 bits per heavy atom. The first-order valence-electron chi connectivity index (χ1n) is 7.55. The van der Waals surface area contributed by atoms with Gasteiger partial charge in [0.1, 0.15) is 17.9 Å². The largest absolute Gasteiger partial charge is 0.487 e. The van der Waals surface area contributed by atoms with Crippen molar-refractivity contribution < 1.29 is 19.4 Å². The van der Waals surface area contributed by atoms with Gasteiger partial charge in [0.2, 0.25) is 0 Å². The van der Waals surface area contributed by atoms with Crippen molar-refractivity contribution in [2.75, 3.05) is 13.1 Å². The minimum atomic E-state index is -1.01. The summed E-state index contributed by atoms with van der Waals surface area (Å²) in [6.45, 7) is 4.68. The van der Waals surface area contributed by atoms with Crippen LogP contribution >= 0.6 is 11.6 Å². The smallest absolute Gasteiger partial charge is 0.326 e. The Morgan fingerprint density at radius 1 is 1.43 bits per heavy atom. The number of carboxylic acid groups (broad SMARTS) is 1. The summed E-state index contributed by atoms with van der Waals surface area (Å²) in [7, 11) is 0. The van der Waals surface area contributed by atoms with Crippen LogP contribution < -0.4 is 10.1 Å². The number of ether oxygens (including phenoxy) is 1. The Hall–Kier alpha value is -1.95. The van der Waals surface area contributed by atoms with Crippen molar-refractivity contribution in [2.24, 2.45) is 5.92 Å². The normalized spacial score (nSPS) is 15.9. The van der Waals surface area contributed by atoms with Crippen LogP contribution in [-0.4, -0.2) is 47.2 Å². The zero-order chi connectivity index (χ0) is 17.0. The first-order chi connectivity index (χ1) is 10.8. The van der Waals surface area contributed by atoms with Crippen LogP contribution in [0.5, 0.6) is 5.75 Å². The molecule has 126 valence electrons. The summed E-state index contributed by atoms with van der Waals surface area (Å²) in [5, 5.41) is 12.3. The molecule has 2 N–H and O–H groups in total. The van der Waals surface area contributed by atoms with Crippen LogP contribution in [0.2, 0.25) is 5.02 Å². The second-order valence-electron chi connectivity index (χ2n) is 6.07. The second kappa shape index (κ2) is 7.55. The van der Waals surface area contributed by atoms with Gasteiger partial charge >= 0.3 is 12.0 Å². The minimum absolute atomic E-state index is 0.104. The predicted molar refractivity (Wildman–Crippen MR) is 86.9 cm³/mol. The van der Waals surface area contributed by atoms with E-state index < -0.39 is 12.0 Å². The maximum Gasteiger partial charge on any atom is 0.326 e. The third-order valence-electron chi connectivity index (χ3n) is 3.54. The summed E-state index contributed by atoms with van der Waals surface area (Å²) < 4.78 is 5.71. The van der Waals surface area contributed by atoms with Gasteiger partial charge in [-0.05, 0) is 30.5 Å². The van der Waals surface area contributed by atoms with Gasteiger partial charge in [-0.15, -0.1) is 0 Å². The van der Waals surface area contributed by atoms with E-state index in [1.54, 1.807) is 24.3 Å². The van der Waals surface area contributed by atoms with E-state index >= 15 is 0 Å². The van der Waals surface area contributed by atoms with Crippen molar-refractivity contribution in [2.45, 2.75) is 32.4 Å². The molecule has 1 aliphatic rings. The van der Waals surface area contributed by atoms with E-state index in [0.717, 1.165) is 0 Å². The molecular formula is C16H21ClN2O4. The first-order valence-corrected chi connectivity index (χ1v) is 7.93. The molecule has 2 amide bonds. The molecule has 1 aromatic carbocycles. The number of nitrogens with one attached hydrogen (secondary N) is 1. The van der Waals surface area contributed by atoms with Gasteiger partial charge in [0.15, 0.2) is 0 Å². The average Bonchev–Trinajstić information content (AvgIpc) is 2.41. The minimum Gasteiger partial charge on any atom is -0.487 e. The number of nitrogens with zero attached hydrogens (tertiary/aromatic N) is 1. The molecule has 0 spiro atoms. The van der Waals surface area contributed by atoms with Gasteiger partial charge in [0.25, 0.3) is 0 Å². The Bertz CT molecular complexity index is 573. The number of halogens is 1. The van der Waals surface area contributed by atoms with E-state index in [9.17, 15) is 9.59 Å². The van der Waals surface area contributed by atoms with Gasteiger partial charge in [-0.2, -0.15) is 0 Å². The number of rotatable bonds is 6. The summed E-state index contributed by atoms with van der Waals surface area (Å²) in [5.41, 5.74) is 0. The number of carboxylic acids is 1. The molecule has 23 heavy (non-hydrogen) atoms. The van der Waals surface area contributed by atoms with Crippen molar-refractivity contribution >= 4 is 23.6 Å². The van der Waals surface area contributed by atoms with Crippen LogP contribution in [0.4, 0.5) is 4.79 Å². The zero-order valence-corrected chi connectivity index (χ0v) is 13.9. The van der Waals surface area contributed by atoms with Crippen molar-refractivity contribution in [1.82, 2.24) is 10.2 Å². The first kappa shape index (κ1) is 17.4. The number of amides is 2. The SMILES string of the molecule is CC(C)CC(NC(=O)N1CC(Oc2cccc(Cl)c2)C1)C(=O)O. The van der Waals surface area contributed by atoms with Crippen molar-refractivity contribution in [1.29, 1.82) is 0 Å². The fourth-order valence-corrected chi connectivity index (χ4v) is 2.52. The lowest BCUT2D eigenvalue weighted by atomic mass is 10.0. The maximum atomic E-state index is 12.0. The van der Waals surface area contributed by atoms with Gasteiger partial charge in [-0.25, -0.2) is 9.59 Å². The lowest BCUT2D eigenvalue weighted by Gasteiger charge is -2.39. The Kier molecular flexibility index (Phi) is 5.71. The van der Waals surface area contributed by atoms with E-state index in [1.807, 2.05) is 13.8 Å². The van der Waals surface area contributed by atoms with Crippen LogP contribution in [-0.2, 0) is 4.79 Å². The van der Waals surface area contributed by atoms with Crippen LogP contribution in [0.15, 0.2) is 24.3 Å². The second-order valence-corrected chi connectivity index (χ2v) is 6.51. The van der Waals surface area contributed by atoms with Crippen LogP contribution in [0.25, 0.3) is 0 Å². The molecule has 0 saturated carbocycles. The summed E-state index contributed by atoms with van der Waals surface area (Å²) in [4.78, 5) is 24.7.